The molecule has 0 aliphatic carbocycles. The molecule has 19 heavy (non-hydrogen) atoms. The highest BCUT2D eigenvalue weighted by molar-refractivity contribution is 9.10. The number of hydrogen-bond donors (Lipinski definition) is 1. The molecule has 0 saturated heterocycles. The first-order valence-corrected chi connectivity index (χ1v) is 8.22. The van der Waals surface area contributed by atoms with Crippen molar-refractivity contribution in [2.45, 2.75) is 18.7 Å². The predicted octanol–water partition coefficient (Wildman–Crippen LogP) is 1.60. The van der Waals surface area contributed by atoms with E-state index < -0.39 is 10.0 Å². The highest BCUT2D eigenvalue weighted by Gasteiger charge is 2.19. The van der Waals surface area contributed by atoms with Crippen LogP contribution in [0.3, 0.4) is 0 Å². The number of amides is 1. The molecule has 0 fully saturated rings. The maximum atomic E-state index is 12.0. The Morgan fingerprint density at radius 3 is 2.37 bits per heavy atom. The third-order valence-electron chi connectivity index (χ3n) is 2.66. The minimum absolute atomic E-state index is 0.127. The Labute approximate surface area is 122 Å². The van der Waals surface area contributed by atoms with Gasteiger partial charge in [0.05, 0.1) is 11.4 Å². The summed E-state index contributed by atoms with van der Waals surface area (Å²) in [5.41, 5.74) is 0. The molecule has 0 aliphatic rings. The quantitative estimate of drug-likeness (QED) is 0.848. The van der Waals surface area contributed by atoms with Gasteiger partial charge in [-0.05, 0) is 41.9 Å². The predicted molar refractivity (Wildman–Crippen MR) is 77.3 cm³/mol. The van der Waals surface area contributed by atoms with E-state index in [-0.39, 0.29) is 17.3 Å². The summed E-state index contributed by atoms with van der Waals surface area (Å²) in [5.74, 6) is -0.236. The third kappa shape index (κ3) is 4.29. The normalized spacial score (nSPS) is 11.3. The van der Waals surface area contributed by atoms with E-state index in [1.165, 1.54) is 6.07 Å². The molecule has 5 nitrogen and oxygen atoms in total. The lowest BCUT2D eigenvalue weighted by Gasteiger charge is -2.18. The number of carbonyl (C=O) groups is 1. The van der Waals surface area contributed by atoms with Crippen molar-refractivity contribution in [3.8, 4) is 0 Å². The molecule has 1 N–H and O–H groups in total. The van der Waals surface area contributed by atoms with Gasteiger partial charge in [-0.3, -0.25) is 4.79 Å². The minimum atomic E-state index is -3.68. The number of benzene rings is 1. The average Bonchev–Trinajstić information content (AvgIpc) is 2.38. The Kier molecular flexibility index (Phi) is 5.96. The molecule has 106 valence electrons. The molecule has 0 bridgehead atoms. The number of halogens is 1. The standard InChI is InChI=1S/C12H17BrN2O3S/c1-3-15(4-2)12(16)9-14-19(17,18)11-8-6-5-7-10(11)13/h5-8,14H,3-4,9H2,1-2H3. The van der Waals surface area contributed by atoms with Crippen LogP contribution >= 0.6 is 15.9 Å². The zero-order valence-electron chi connectivity index (χ0n) is 10.9. The summed E-state index contributed by atoms with van der Waals surface area (Å²) in [6, 6.07) is 6.48. The second-order valence-corrected chi connectivity index (χ2v) is 6.41. The number of sulfonamides is 1. The highest BCUT2D eigenvalue weighted by atomic mass is 79.9. The lowest BCUT2D eigenvalue weighted by Crippen LogP contribution is -2.40. The van der Waals surface area contributed by atoms with Gasteiger partial charge in [-0.2, -0.15) is 0 Å². The molecule has 0 atom stereocenters. The summed E-state index contributed by atoms with van der Waals surface area (Å²) in [6.45, 7) is 4.59. The van der Waals surface area contributed by atoms with Gasteiger partial charge in [0.1, 0.15) is 0 Å². The van der Waals surface area contributed by atoms with Crippen molar-refractivity contribution in [3.05, 3.63) is 28.7 Å². The fourth-order valence-electron chi connectivity index (χ4n) is 1.59. The number of carbonyl (C=O) groups excluding carboxylic acids is 1. The third-order valence-corrected chi connectivity index (χ3v) is 5.07. The number of rotatable bonds is 6. The van der Waals surface area contributed by atoms with Crippen molar-refractivity contribution in [3.63, 3.8) is 0 Å². The van der Waals surface area contributed by atoms with Crippen molar-refractivity contribution in [2.24, 2.45) is 0 Å². The molecule has 0 aromatic heterocycles. The Balaban J connectivity index is 2.77. The van der Waals surface area contributed by atoms with E-state index >= 15 is 0 Å². The van der Waals surface area contributed by atoms with Gasteiger partial charge >= 0.3 is 0 Å². The first kappa shape index (κ1) is 16.1. The second-order valence-electron chi connectivity index (χ2n) is 3.82. The molecule has 1 amide bonds. The van der Waals surface area contributed by atoms with Gasteiger partial charge in [-0.25, -0.2) is 13.1 Å². The summed E-state index contributed by atoms with van der Waals surface area (Å²) in [7, 11) is -3.68. The molecule has 0 heterocycles. The molecule has 0 spiro atoms. The molecule has 0 aliphatic heterocycles. The number of hydrogen-bond acceptors (Lipinski definition) is 3. The molecule has 1 rings (SSSR count). The van der Waals surface area contributed by atoms with E-state index in [1.807, 2.05) is 13.8 Å². The molecule has 1 aromatic rings. The SMILES string of the molecule is CCN(CC)C(=O)CNS(=O)(=O)c1ccccc1Br. The molecule has 0 radical (unpaired) electrons. The first-order chi connectivity index (χ1) is 8.92. The fraction of sp³-hybridized carbons (Fsp3) is 0.417. The maximum absolute atomic E-state index is 12.0. The van der Waals surface area contributed by atoms with Crippen LogP contribution in [0.5, 0.6) is 0 Å². The smallest absolute Gasteiger partial charge is 0.242 e. The Bertz CT molecular complexity index is 542. The van der Waals surface area contributed by atoms with Gasteiger partial charge in [-0.15, -0.1) is 0 Å². The number of nitrogens with one attached hydrogen (secondary N) is 1. The summed E-state index contributed by atoms with van der Waals surface area (Å²) >= 11 is 3.18. The number of likely N-dealkylation sites (N-methyl/N-ethyl adjacent to an activating group) is 1. The van der Waals surface area contributed by atoms with Crippen molar-refractivity contribution in [1.29, 1.82) is 0 Å². The lowest BCUT2D eigenvalue weighted by atomic mass is 10.4. The zero-order valence-corrected chi connectivity index (χ0v) is 13.3. The van der Waals surface area contributed by atoms with Crippen molar-refractivity contribution < 1.29 is 13.2 Å². The summed E-state index contributed by atoms with van der Waals surface area (Å²) in [5, 5.41) is 0. The van der Waals surface area contributed by atoms with Crippen LogP contribution in [-0.2, 0) is 14.8 Å². The van der Waals surface area contributed by atoms with Gasteiger partial charge in [0.2, 0.25) is 15.9 Å². The monoisotopic (exact) mass is 348 g/mol. The Morgan fingerprint density at radius 2 is 1.84 bits per heavy atom. The van der Waals surface area contributed by atoms with Gasteiger partial charge in [0.15, 0.2) is 0 Å². The molecule has 0 unspecified atom stereocenters. The van der Waals surface area contributed by atoms with Gasteiger partial charge < -0.3 is 4.90 Å². The van der Waals surface area contributed by atoms with Crippen molar-refractivity contribution >= 4 is 31.9 Å². The van der Waals surface area contributed by atoms with Crippen LogP contribution in [0.15, 0.2) is 33.6 Å². The van der Waals surface area contributed by atoms with E-state index in [0.29, 0.717) is 17.6 Å². The minimum Gasteiger partial charge on any atom is -0.342 e. The van der Waals surface area contributed by atoms with Crippen LogP contribution in [0.25, 0.3) is 0 Å². The second kappa shape index (κ2) is 7.02. The largest absolute Gasteiger partial charge is 0.342 e. The average molecular weight is 349 g/mol. The molecule has 0 saturated carbocycles. The summed E-state index contributed by atoms with van der Waals surface area (Å²) < 4.78 is 26.9. The fourth-order valence-corrected chi connectivity index (χ4v) is 3.56. The van der Waals surface area contributed by atoms with Crippen LogP contribution < -0.4 is 4.72 Å². The topological polar surface area (TPSA) is 66.5 Å². The Hall–Kier alpha value is -0.920. The van der Waals surface area contributed by atoms with E-state index in [4.69, 9.17) is 0 Å². The molecule has 7 heteroatoms. The van der Waals surface area contributed by atoms with E-state index in [2.05, 4.69) is 20.7 Å². The van der Waals surface area contributed by atoms with Crippen LogP contribution in [0.4, 0.5) is 0 Å². The molecule has 1 aromatic carbocycles. The van der Waals surface area contributed by atoms with Gasteiger partial charge in [-0.1, -0.05) is 12.1 Å². The molecular weight excluding hydrogens is 332 g/mol. The van der Waals surface area contributed by atoms with Crippen LogP contribution in [-0.4, -0.2) is 38.9 Å². The van der Waals surface area contributed by atoms with Crippen molar-refractivity contribution in [2.75, 3.05) is 19.6 Å². The van der Waals surface area contributed by atoms with Gasteiger partial charge in [0.25, 0.3) is 0 Å². The van der Waals surface area contributed by atoms with Crippen LogP contribution in [0.1, 0.15) is 13.8 Å². The van der Waals surface area contributed by atoms with Crippen LogP contribution in [0, 0.1) is 0 Å². The maximum Gasteiger partial charge on any atom is 0.242 e. The van der Waals surface area contributed by atoms with E-state index in [9.17, 15) is 13.2 Å². The van der Waals surface area contributed by atoms with E-state index in [1.54, 1.807) is 23.1 Å². The lowest BCUT2D eigenvalue weighted by molar-refractivity contribution is -0.129. The molecular formula is C12H17BrN2O3S. The number of nitrogens with zero attached hydrogens (tertiary/aromatic N) is 1. The van der Waals surface area contributed by atoms with E-state index in [0.717, 1.165) is 0 Å². The Morgan fingerprint density at radius 1 is 1.26 bits per heavy atom. The first-order valence-electron chi connectivity index (χ1n) is 5.94. The highest BCUT2D eigenvalue weighted by Crippen LogP contribution is 2.20. The summed E-state index contributed by atoms with van der Waals surface area (Å²) in [6.07, 6.45) is 0. The van der Waals surface area contributed by atoms with Crippen molar-refractivity contribution in [1.82, 2.24) is 9.62 Å². The van der Waals surface area contributed by atoms with Crippen LogP contribution in [0.2, 0.25) is 0 Å². The zero-order chi connectivity index (χ0) is 14.5. The van der Waals surface area contributed by atoms with Gasteiger partial charge in [0, 0.05) is 17.6 Å². The summed E-state index contributed by atoms with van der Waals surface area (Å²) in [4.78, 5) is 13.5.